The SMILES string of the molecule is COC(=O)[C@@H](NC(=O)OC(C)(C)C)[C@@H](c1ccc(OC)cc1)c1cc(F)cc(F)c1. The topological polar surface area (TPSA) is 73.9 Å². The van der Waals surface area contributed by atoms with Gasteiger partial charge in [0.1, 0.15) is 29.0 Å². The number of rotatable bonds is 6. The molecule has 0 aromatic heterocycles. The second-order valence-corrected chi connectivity index (χ2v) is 7.60. The zero-order valence-electron chi connectivity index (χ0n) is 17.5. The number of carbonyl (C=O) groups is 2. The fourth-order valence-electron chi connectivity index (χ4n) is 2.98. The molecule has 0 saturated heterocycles. The van der Waals surface area contributed by atoms with Crippen molar-refractivity contribution in [3.63, 3.8) is 0 Å². The maximum absolute atomic E-state index is 14.0. The number of alkyl carbamates (subject to hydrolysis) is 1. The lowest BCUT2D eigenvalue weighted by molar-refractivity contribution is -0.143. The fourth-order valence-corrected chi connectivity index (χ4v) is 2.98. The van der Waals surface area contributed by atoms with E-state index in [2.05, 4.69) is 5.32 Å². The third-order valence-electron chi connectivity index (χ3n) is 4.18. The summed E-state index contributed by atoms with van der Waals surface area (Å²) in [6.45, 7) is 5.01. The van der Waals surface area contributed by atoms with Gasteiger partial charge in [-0.3, -0.25) is 0 Å². The second-order valence-electron chi connectivity index (χ2n) is 7.60. The maximum Gasteiger partial charge on any atom is 0.408 e. The normalized spacial score (nSPS) is 13.2. The van der Waals surface area contributed by atoms with Gasteiger partial charge in [0.15, 0.2) is 0 Å². The highest BCUT2D eigenvalue weighted by Gasteiger charge is 2.35. The van der Waals surface area contributed by atoms with Gasteiger partial charge < -0.3 is 19.5 Å². The van der Waals surface area contributed by atoms with Crippen molar-refractivity contribution < 1.29 is 32.6 Å². The van der Waals surface area contributed by atoms with E-state index < -0.39 is 41.3 Å². The number of hydrogen-bond acceptors (Lipinski definition) is 5. The second kappa shape index (κ2) is 9.56. The Labute approximate surface area is 174 Å². The van der Waals surface area contributed by atoms with Gasteiger partial charge in [-0.1, -0.05) is 12.1 Å². The smallest absolute Gasteiger partial charge is 0.408 e. The molecule has 0 radical (unpaired) electrons. The predicted octanol–water partition coefficient (Wildman–Crippen LogP) is 4.17. The average Bonchev–Trinajstić information content (AvgIpc) is 2.65. The summed E-state index contributed by atoms with van der Waals surface area (Å²) >= 11 is 0. The van der Waals surface area contributed by atoms with Crippen LogP contribution in [0.25, 0.3) is 0 Å². The molecule has 1 amide bonds. The van der Waals surface area contributed by atoms with Crippen LogP contribution in [0.2, 0.25) is 0 Å². The molecule has 6 nitrogen and oxygen atoms in total. The summed E-state index contributed by atoms with van der Waals surface area (Å²) in [5.41, 5.74) is -0.165. The van der Waals surface area contributed by atoms with E-state index in [1.54, 1.807) is 45.0 Å². The molecule has 30 heavy (non-hydrogen) atoms. The number of amides is 1. The summed E-state index contributed by atoms with van der Waals surface area (Å²) < 4.78 is 43.2. The van der Waals surface area contributed by atoms with Crippen molar-refractivity contribution in [3.05, 3.63) is 65.2 Å². The van der Waals surface area contributed by atoms with Crippen LogP contribution in [-0.4, -0.2) is 37.9 Å². The monoisotopic (exact) mass is 421 g/mol. The van der Waals surface area contributed by atoms with Gasteiger partial charge in [-0.15, -0.1) is 0 Å². The van der Waals surface area contributed by atoms with Crippen LogP contribution in [0.1, 0.15) is 37.8 Å². The van der Waals surface area contributed by atoms with Crippen LogP contribution < -0.4 is 10.1 Å². The molecule has 2 aromatic rings. The minimum atomic E-state index is -1.31. The first-order valence-corrected chi connectivity index (χ1v) is 9.21. The van der Waals surface area contributed by atoms with Crippen molar-refractivity contribution in [3.8, 4) is 5.75 Å². The van der Waals surface area contributed by atoms with Gasteiger partial charge in [0.05, 0.1) is 14.2 Å². The quantitative estimate of drug-likeness (QED) is 0.709. The Morgan fingerprint density at radius 3 is 1.97 bits per heavy atom. The van der Waals surface area contributed by atoms with Gasteiger partial charge in [0.25, 0.3) is 0 Å². The maximum atomic E-state index is 14.0. The predicted molar refractivity (Wildman–Crippen MR) is 106 cm³/mol. The molecule has 0 aliphatic carbocycles. The molecule has 162 valence electrons. The van der Waals surface area contributed by atoms with E-state index in [1.165, 1.54) is 7.11 Å². The molecule has 0 unspecified atom stereocenters. The minimum Gasteiger partial charge on any atom is -0.497 e. The summed E-state index contributed by atoms with van der Waals surface area (Å²) in [6.07, 6.45) is -0.867. The van der Waals surface area contributed by atoms with Gasteiger partial charge in [-0.25, -0.2) is 18.4 Å². The molecule has 2 atom stereocenters. The molecule has 8 heteroatoms. The Kier molecular flexibility index (Phi) is 7.37. The zero-order chi connectivity index (χ0) is 22.5. The van der Waals surface area contributed by atoms with Crippen LogP contribution >= 0.6 is 0 Å². The van der Waals surface area contributed by atoms with Crippen LogP contribution in [0.4, 0.5) is 13.6 Å². The summed E-state index contributed by atoms with van der Waals surface area (Å²) in [4.78, 5) is 25.0. The molecule has 2 aromatic carbocycles. The molecule has 1 N–H and O–H groups in total. The molecule has 0 aliphatic heterocycles. The number of carbonyl (C=O) groups excluding carboxylic acids is 2. The van der Waals surface area contributed by atoms with Gasteiger partial charge >= 0.3 is 12.1 Å². The van der Waals surface area contributed by atoms with Crippen molar-refractivity contribution in [1.82, 2.24) is 5.32 Å². The molecular weight excluding hydrogens is 396 g/mol. The number of hydrogen-bond donors (Lipinski definition) is 1. The standard InChI is InChI=1S/C22H25F2NO5/c1-22(2,3)30-21(27)25-19(20(26)29-5)18(13-6-8-17(28-4)9-7-13)14-10-15(23)12-16(24)11-14/h6-12,18-19H,1-5H3,(H,25,27)/t18-,19-/m0/s1. The van der Waals surface area contributed by atoms with Crippen LogP contribution in [0, 0.1) is 11.6 Å². The highest BCUT2D eigenvalue weighted by molar-refractivity contribution is 5.83. The van der Waals surface area contributed by atoms with Crippen LogP contribution in [0.3, 0.4) is 0 Å². The van der Waals surface area contributed by atoms with Gasteiger partial charge in [0.2, 0.25) is 0 Å². The van der Waals surface area contributed by atoms with E-state index in [0.717, 1.165) is 25.3 Å². The number of ether oxygens (including phenoxy) is 3. The summed E-state index contributed by atoms with van der Waals surface area (Å²) in [6, 6.07) is 8.18. The lowest BCUT2D eigenvalue weighted by Crippen LogP contribution is -2.47. The van der Waals surface area contributed by atoms with Gasteiger partial charge in [-0.05, 0) is 56.2 Å². The van der Waals surface area contributed by atoms with Gasteiger partial charge in [0, 0.05) is 12.0 Å². The molecule has 0 spiro atoms. The number of esters is 1. The summed E-state index contributed by atoms with van der Waals surface area (Å²) in [5.74, 6) is -2.83. The van der Waals surface area contributed by atoms with E-state index in [4.69, 9.17) is 14.2 Å². The first-order chi connectivity index (χ1) is 14.0. The van der Waals surface area contributed by atoms with Gasteiger partial charge in [-0.2, -0.15) is 0 Å². The number of halogens is 2. The third-order valence-corrected chi connectivity index (χ3v) is 4.18. The molecule has 0 saturated carbocycles. The Balaban J connectivity index is 2.56. The van der Waals surface area contributed by atoms with E-state index in [1.807, 2.05) is 0 Å². The Hall–Kier alpha value is -3.16. The van der Waals surface area contributed by atoms with E-state index in [0.29, 0.717) is 11.3 Å². The first-order valence-electron chi connectivity index (χ1n) is 9.21. The third kappa shape index (κ3) is 6.17. The number of benzene rings is 2. The lowest BCUT2D eigenvalue weighted by atomic mass is 9.84. The number of methoxy groups -OCH3 is 2. The highest BCUT2D eigenvalue weighted by atomic mass is 19.1. The first kappa shape index (κ1) is 23.1. The van der Waals surface area contributed by atoms with Crippen LogP contribution in [0.15, 0.2) is 42.5 Å². The van der Waals surface area contributed by atoms with Crippen molar-refractivity contribution >= 4 is 12.1 Å². The van der Waals surface area contributed by atoms with E-state index in [9.17, 15) is 18.4 Å². The Bertz CT molecular complexity index is 873. The molecule has 0 heterocycles. The highest BCUT2D eigenvalue weighted by Crippen LogP contribution is 2.31. The molecule has 0 bridgehead atoms. The van der Waals surface area contributed by atoms with E-state index >= 15 is 0 Å². The largest absolute Gasteiger partial charge is 0.497 e. The molecule has 0 aliphatic rings. The van der Waals surface area contributed by atoms with E-state index in [-0.39, 0.29) is 5.56 Å². The summed E-state index contributed by atoms with van der Waals surface area (Å²) in [5, 5.41) is 2.48. The number of nitrogens with one attached hydrogen (secondary N) is 1. The molecular formula is C22H25F2NO5. The molecule has 2 rings (SSSR count). The van der Waals surface area contributed by atoms with Crippen molar-refractivity contribution in [2.24, 2.45) is 0 Å². The minimum absolute atomic E-state index is 0.143. The average molecular weight is 421 g/mol. The summed E-state index contributed by atoms with van der Waals surface area (Å²) in [7, 11) is 2.65. The van der Waals surface area contributed by atoms with Crippen LogP contribution in [0.5, 0.6) is 5.75 Å². The van der Waals surface area contributed by atoms with Crippen molar-refractivity contribution in [2.45, 2.75) is 38.3 Å². The lowest BCUT2D eigenvalue weighted by Gasteiger charge is -2.28. The van der Waals surface area contributed by atoms with Crippen molar-refractivity contribution in [1.29, 1.82) is 0 Å². The Morgan fingerprint density at radius 1 is 0.933 bits per heavy atom. The fraction of sp³-hybridized carbons (Fsp3) is 0.364. The van der Waals surface area contributed by atoms with Crippen LogP contribution in [-0.2, 0) is 14.3 Å². The molecule has 0 fully saturated rings. The van der Waals surface area contributed by atoms with Crippen molar-refractivity contribution in [2.75, 3.05) is 14.2 Å². The Morgan fingerprint density at radius 2 is 1.50 bits per heavy atom. The zero-order valence-corrected chi connectivity index (χ0v) is 17.5.